The predicted molar refractivity (Wildman–Crippen MR) is 163 cm³/mol. The molecule has 1 aliphatic rings. The zero-order chi connectivity index (χ0) is 29.4. The number of fused-ring (bicyclic) bond motifs is 2. The van der Waals surface area contributed by atoms with E-state index in [1.54, 1.807) is 4.57 Å². The Balaban J connectivity index is 1.50. The molecule has 1 aliphatic heterocycles. The number of aromatic nitrogens is 4. The van der Waals surface area contributed by atoms with Crippen molar-refractivity contribution in [2.24, 2.45) is 5.73 Å². The number of amides is 1. The van der Waals surface area contributed by atoms with Crippen molar-refractivity contribution in [3.63, 3.8) is 0 Å². The molecular weight excluding hydrogens is 558 g/mol. The predicted octanol–water partition coefficient (Wildman–Crippen LogP) is 4.51. The molecule has 12 heteroatoms. The Kier molecular flexibility index (Phi) is 7.26. The molecule has 0 unspecified atom stereocenters. The lowest BCUT2D eigenvalue weighted by atomic mass is 10.0. The lowest BCUT2D eigenvalue weighted by Gasteiger charge is -2.34. The number of benzene rings is 2. The van der Waals surface area contributed by atoms with E-state index in [-0.39, 0.29) is 17.1 Å². The van der Waals surface area contributed by atoms with E-state index in [1.165, 1.54) is 18.6 Å². The number of pyridine rings is 2. The number of anilines is 2. The molecule has 6 rings (SSSR count). The number of rotatable bonds is 6. The number of nitrogens with zero attached hydrogens (tertiary/aromatic N) is 4. The number of carbonyl (C=O) groups is 1. The van der Waals surface area contributed by atoms with Gasteiger partial charge in [0.25, 0.3) is 5.56 Å². The van der Waals surface area contributed by atoms with Gasteiger partial charge in [-0.25, -0.2) is 14.8 Å². The van der Waals surface area contributed by atoms with Gasteiger partial charge >= 0.3 is 6.09 Å². The highest BCUT2D eigenvalue weighted by Crippen LogP contribution is 2.37. The molecule has 11 nitrogen and oxygen atoms in total. The molecule has 0 bridgehead atoms. The van der Waals surface area contributed by atoms with Crippen LogP contribution in [0.15, 0.2) is 76.7 Å². The first-order valence-electron chi connectivity index (χ1n) is 13.6. The third kappa shape index (κ3) is 4.92. The average molecular weight is 586 g/mol. The van der Waals surface area contributed by atoms with Crippen molar-refractivity contribution in [2.75, 3.05) is 23.3 Å². The molecule has 0 spiro atoms. The largest absolute Gasteiger partial charge is 0.446 e. The summed E-state index contributed by atoms with van der Waals surface area (Å²) in [6.45, 7) is 3.02. The van der Waals surface area contributed by atoms with Crippen molar-refractivity contribution < 1.29 is 9.53 Å². The molecule has 0 saturated carbocycles. The van der Waals surface area contributed by atoms with Crippen LogP contribution in [0, 0.1) is 0 Å². The van der Waals surface area contributed by atoms with Crippen molar-refractivity contribution in [3.8, 4) is 5.69 Å². The molecule has 4 heterocycles. The summed E-state index contributed by atoms with van der Waals surface area (Å²) < 4.78 is 6.81. The van der Waals surface area contributed by atoms with Gasteiger partial charge in [0, 0.05) is 49.3 Å². The fraction of sp³-hybridized carbons (Fsp3) is 0.233. The summed E-state index contributed by atoms with van der Waals surface area (Å²) in [5.74, 6) is 0.326. The summed E-state index contributed by atoms with van der Waals surface area (Å²) in [7, 11) is 0. The normalized spacial score (nSPS) is 14.7. The van der Waals surface area contributed by atoms with Crippen molar-refractivity contribution >= 4 is 51.0 Å². The Hall–Kier alpha value is -4.90. The van der Waals surface area contributed by atoms with Gasteiger partial charge in [0.1, 0.15) is 29.3 Å². The number of para-hydroxylation sites is 1. The SMILES string of the molecule is C[C@H](Nc1ncnc2[nH]ccc(=O)c12)c1c(Cl)c2cccc(N3CCC(OC(N)=O)CC3)c2c(=O)n1-c1ccccc1. The minimum absolute atomic E-state index is 0.235. The smallest absolute Gasteiger partial charge is 0.404 e. The van der Waals surface area contributed by atoms with Gasteiger partial charge in [0.15, 0.2) is 5.43 Å². The quantitative estimate of drug-likeness (QED) is 0.263. The number of primary amides is 1. The summed E-state index contributed by atoms with van der Waals surface area (Å²) in [5, 5.41) is 5.11. The van der Waals surface area contributed by atoms with E-state index in [1.807, 2.05) is 55.5 Å². The number of hydrogen-bond acceptors (Lipinski definition) is 8. The van der Waals surface area contributed by atoms with E-state index < -0.39 is 12.1 Å². The number of hydrogen-bond donors (Lipinski definition) is 3. The van der Waals surface area contributed by atoms with E-state index in [0.29, 0.717) is 70.0 Å². The van der Waals surface area contributed by atoms with E-state index >= 15 is 0 Å². The molecule has 1 saturated heterocycles. The molecule has 5 aromatic rings. The first kappa shape index (κ1) is 27.3. The fourth-order valence-corrected chi connectivity index (χ4v) is 6.06. The van der Waals surface area contributed by atoms with E-state index in [0.717, 1.165) is 5.69 Å². The Bertz CT molecular complexity index is 1910. The second kappa shape index (κ2) is 11.2. The standard InChI is InChI=1S/C30H28ClN7O4/c1-17(36-28-24-22(39)10-13-33-27(24)34-16-35-28)26-25(31)20-8-5-9-21(37-14-11-19(12-15-37)42-30(32)41)23(20)29(40)38(26)18-6-3-2-4-7-18/h2-10,13,16-17,19H,11-12,14-15H2,1H3,(H2,32,41)(H2,33,34,35,36,39)/t17-/m0/s1. The van der Waals surface area contributed by atoms with Gasteiger partial charge in [-0.15, -0.1) is 0 Å². The average Bonchev–Trinajstić information content (AvgIpc) is 2.99. The van der Waals surface area contributed by atoms with Crippen molar-refractivity contribution in [2.45, 2.75) is 31.9 Å². The van der Waals surface area contributed by atoms with Gasteiger partial charge < -0.3 is 25.7 Å². The molecule has 4 N–H and O–H groups in total. The summed E-state index contributed by atoms with van der Waals surface area (Å²) in [6, 6.07) is 15.8. The van der Waals surface area contributed by atoms with Gasteiger partial charge in [0.05, 0.1) is 27.8 Å². The molecular formula is C30H28ClN7O4. The molecule has 0 radical (unpaired) electrons. The van der Waals surface area contributed by atoms with E-state index in [2.05, 4.69) is 25.2 Å². The third-order valence-electron chi connectivity index (χ3n) is 7.55. The van der Waals surface area contributed by atoms with Crippen LogP contribution >= 0.6 is 11.6 Å². The number of aromatic amines is 1. The van der Waals surface area contributed by atoms with Gasteiger partial charge in [0.2, 0.25) is 0 Å². The minimum atomic E-state index is -0.786. The molecule has 2 aromatic carbocycles. The molecule has 3 aromatic heterocycles. The van der Waals surface area contributed by atoms with Crippen molar-refractivity contribution in [1.29, 1.82) is 0 Å². The first-order chi connectivity index (χ1) is 20.3. The number of nitrogens with two attached hydrogens (primary N) is 1. The second-order valence-corrected chi connectivity index (χ2v) is 10.5. The monoisotopic (exact) mass is 585 g/mol. The summed E-state index contributed by atoms with van der Waals surface area (Å²) in [4.78, 5) is 52.0. The van der Waals surface area contributed by atoms with Gasteiger partial charge in [-0.1, -0.05) is 41.9 Å². The topological polar surface area (TPSA) is 148 Å². The first-order valence-corrected chi connectivity index (χ1v) is 13.9. The number of carbonyl (C=O) groups excluding carboxylic acids is 1. The number of ether oxygens (including phenoxy) is 1. The van der Waals surface area contributed by atoms with E-state index in [4.69, 9.17) is 22.1 Å². The molecule has 0 aliphatic carbocycles. The maximum absolute atomic E-state index is 14.5. The Morgan fingerprint density at radius 3 is 2.57 bits per heavy atom. The Labute approximate surface area is 244 Å². The third-order valence-corrected chi connectivity index (χ3v) is 7.95. The van der Waals surface area contributed by atoms with Crippen LogP contribution in [0.2, 0.25) is 5.02 Å². The number of H-pyrrole nitrogens is 1. The number of nitrogens with one attached hydrogen (secondary N) is 2. The fourth-order valence-electron chi connectivity index (χ4n) is 5.66. The van der Waals surface area contributed by atoms with Crippen molar-refractivity contribution in [3.05, 3.63) is 98.4 Å². The van der Waals surface area contributed by atoms with Gasteiger partial charge in [-0.2, -0.15) is 0 Å². The molecule has 1 amide bonds. The Morgan fingerprint density at radius 1 is 1.07 bits per heavy atom. The minimum Gasteiger partial charge on any atom is -0.446 e. The highest BCUT2D eigenvalue weighted by atomic mass is 35.5. The van der Waals surface area contributed by atoms with Gasteiger partial charge in [-0.05, 0) is 25.1 Å². The zero-order valence-electron chi connectivity index (χ0n) is 22.7. The molecule has 214 valence electrons. The lowest BCUT2D eigenvalue weighted by Crippen LogP contribution is -2.39. The molecule has 1 atom stereocenters. The van der Waals surface area contributed by atoms with Crippen molar-refractivity contribution in [1.82, 2.24) is 19.5 Å². The summed E-state index contributed by atoms with van der Waals surface area (Å²) >= 11 is 7.18. The zero-order valence-corrected chi connectivity index (χ0v) is 23.5. The van der Waals surface area contributed by atoms with Gasteiger partial charge in [-0.3, -0.25) is 14.2 Å². The van der Waals surface area contributed by atoms with Crippen LogP contribution in [-0.4, -0.2) is 44.8 Å². The van der Waals surface area contributed by atoms with Crippen LogP contribution in [0.25, 0.3) is 27.5 Å². The van der Waals surface area contributed by atoms with Crippen LogP contribution in [-0.2, 0) is 4.74 Å². The second-order valence-electron chi connectivity index (χ2n) is 10.2. The summed E-state index contributed by atoms with van der Waals surface area (Å²) in [6.07, 6.45) is 3.02. The summed E-state index contributed by atoms with van der Waals surface area (Å²) in [5.41, 5.74) is 7.05. The number of halogens is 1. The maximum atomic E-state index is 14.5. The van der Waals surface area contributed by atoms with Crippen LogP contribution in [0.3, 0.4) is 0 Å². The van der Waals surface area contributed by atoms with E-state index in [9.17, 15) is 14.4 Å². The highest BCUT2D eigenvalue weighted by Gasteiger charge is 2.27. The Morgan fingerprint density at radius 2 is 1.83 bits per heavy atom. The van der Waals surface area contributed by atoms with Crippen LogP contribution in [0.1, 0.15) is 31.5 Å². The highest BCUT2D eigenvalue weighted by molar-refractivity contribution is 6.36. The molecule has 42 heavy (non-hydrogen) atoms. The van der Waals surface area contributed by atoms with Crippen LogP contribution in [0.5, 0.6) is 0 Å². The lowest BCUT2D eigenvalue weighted by molar-refractivity contribution is 0.0913. The van der Waals surface area contributed by atoms with Crippen LogP contribution in [0.4, 0.5) is 16.3 Å². The maximum Gasteiger partial charge on any atom is 0.404 e. The molecule has 1 fully saturated rings. The number of piperidine rings is 1. The van der Waals surface area contributed by atoms with Crippen LogP contribution < -0.4 is 26.9 Å².